The van der Waals surface area contributed by atoms with Crippen molar-refractivity contribution in [3.63, 3.8) is 0 Å². The van der Waals surface area contributed by atoms with Crippen LogP contribution in [0.5, 0.6) is 0 Å². The van der Waals surface area contributed by atoms with Crippen molar-refractivity contribution in [3.05, 3.63) is 46.2 Å². The van der Waals surface area contributed by atoms with Gasteiger partial charge in [-0.25, -0.2) is 4.68 Å². The monoisotopic (exact) mass is 293 g/mol. The Bertz CT molecular complexity index is 579. The van der Waals surface area contributed by atoms with Gasteiger partial charge in [-0.1, -0.05) is 35.0 Å². The molecular weight excluding hydrogens is 278 g/mol. The van der Waals surface area contributed by atoms with Gasteiger partial charge in [0.15, 0.2) is 0 Å². The van der Waals surface area contributed by atoms with E-state index >= 15 is 0 Å². The molecule has 2 N–H and O–H groups in total. The third kappa shape index (κ3) is 3.66. The molecule has 0 aliphatic rings. The summed E-state index contributed by atoms with van der Waals surface area (Å²) in [4.78, 5) is 0. The summed E-state index contributed by atoms with van der Waals surface area (Å²) in [5.41, 5.74) is 2.26. The predicted octanol–water partition coefficient (Wildman–Crippen LogP) is 1.98. The van der Waals surface area contributed by atoms with Crippen molar-refractivity contribution in [1.29, 1.82) is 0 Å². The third-order valence-electron chi connectivity index (χ3n) is 2.83. The summed E-state index contributed by atoms with van der Waals surface area (Å²) in [5.74, 6) is 0. The first-order valence-corrected chi connectivity index (χ1v) is 6.70. The van der Waals surface area contributed by atoms with Crippen molar-refractivity contribution < 1.29 is 10.2 Å². The number of benzene rings is 1. The van der Waals surface area contributed by atoms with Crippen LogP contribution in [0.3, 0.4) is 0 Å². The lowest BCUT2D eigenvalue weighted by atomic mass is 10.2. The van der Waals surface area contributed by atoms with E-state index < -0.39 is 0 Å². The van der Waals surface area contributed by atoms with E-state index in [0.717, 1.165) is 11.3 Å². The number of aliphatic hydroxyl groups is 2. The highest BCUT2D eigenvalue weighted by Gasteiger charge is 2.08. The van der Waals surface area contributed by atoms with Crippen molar-refractivity contribution in [1.82, 2.24) is 15.0 Å². The maximum Gasteiger partial charge on any atom is 0.115 e. The molecule has 0 spiro atoms. The normalized spacial score (nSPS) is 11.3. The van der Waals surface area contributed by atoms with Gasteiger partial charge in [-0.2, -0.15) is 0 Å². The Morgan fingerprint density at radius 2 is 1.90 bits per heavy atom. The zero-order valence-corrected chi connectivity index (χ0v) is 11.7. The number of aromatic nitrogens is 3. The van der Waals surface area contributed by atoms with E-state index in [9.17, 15) is 5.11 Å². The van der Waals surface area contributed by atoms with Crippen LogP contribution in [0, 0.1) is 0 Å². The number of aryl methyl sites for hydroxylation is 1. The van der Waals surface area contributed by atoms with Gasteiger partial charge in [0, 0.05) is 18.2 Å². The van der Waals surface area contributed by atoms with Gasteiger partial charge < -0.3 is 10.2 Å². The maximum atomic E-state index is 9.27. The fraction of sp³-hybridized carbons (Fsp3) is 0.286. The van der Waals surface area contributed by atoms with Crippen molar-refractivity contribution >= 4 is 23.8 Å². The number of rotatable bonds is 6. The molecule has 1 aromatic carbocycles. The Labute approximate surface area is 122 Å². The van der Waals surface area contributed by atoms with E-state index in [-0.39, 0.29) is 13.2 Å². The highest BCUT2D eigenvalue weighted by molar-refractivity contribution is 6.30. The molecule has 0 amide bonds. The van der Waals surface area contributed by atoms with Gasteiger partial charge in [0.25, 0.3) is 0 Å². The van der Waals surface area contributed by atoms with Crippen molar-refractivity contribution in [3.8, 4) is 0 Å². The minimum Gasteiger partial charge on any atom is -0.396 e. The molecule has 1 heterocycles. The van der Waals surface area contributed by atoms with Gasteiger partial charge in [0.1, 0.15) is 5.69 Å². The summed E-state index contributed by atoms with van der Waals surface area (Å²) in [6.07, 6.45) is 4.35. The van der Waals surface area contributed by atoms with Crippen molar-refractivity contribution in [2.45, 2.75) is 19.6 Å². The van der Waals surface area contributed by atoms with E-state index in [1.54, 1.807) is 4.68 Å². The number of nitrogens with zero attached hydrogens (tertiary/aromatic N) is 3. The smallest absolute Gasteiger partial charge is 0.115 e. The van der Waals surface area contributed by atoms with Gasteiger partial charge in [0.2, 0.25) is 0 Å². The highest BCUT2D eigenvalue weighted by atomic mass is 35.5. The van der Waals surface area contributed by atoms with Crippen LogP contribution in [-0.2, 0) is 13.2 Å². The maximum absolute atomic E-state index is 9.27. The second kappa shape index (κ2) is 7.19. The van der Waals surface area contributed by atoms with Crippen LogP contribution in [0.4, 0.5) is 0 Å². The Kier molecular flexibility index (Phi) is 5.29. The molecular formula is C14H16ClN3O2. The molecule has 106 valence electrons. The molecule has 0 radical (unpaired) electrons. The molecule has 0 aliphatic carbocycles. The lowest BCUT2D eigenvalue weighted by Gasteiger charge is -2.02. The molecule has 5 nitrogen and oxygen atoms in total. The summed E-state index contributed by atoms with van der Waals surface area (Å²) >= 11 is 5.84. The second-order valence-electron chi connectivity index (χ2n) is 4.26. The summed E-state index contributed by atoms with van der Waals surface area (Å²) in [6.45, 7) is 0.484. The molecule has 0 atom stereocenters. The molecule has 0 bridgehead atoms. The lowest BCUT2D eigenvalue weighted by Crippen LogP contribution is -2.04. The van der Waals surface area contributed by atoms with E-state index in [0.29, 0.717) is 23.7 Å². The minimum absolute atomic E-state index is 0.0919. The van der Waals surface area contributed by atoms with Crippen molar-refractivity contribution in [2.75, 3.05) is 6.61 Å². The molecule has 2 aromatic rings. The molecule has 0 unspecified atom stereocenters. The number of hydrogen-bond acceptors (Lipinski definition) is 4. The molecule has 0 fully saturated rings. The fourth-order valence-corrected chi connectivity index (χ4v) is 1.91. The van der Waals surface area contributed by atoms with Gasteiger partial charge in [-0.15, -0.1) is 5.10 Å². The largest absolute Gasteiger partial charge is 0.396 e. The van der Waals surface area contributed by atoms with E-state index in [1.807, 2.05) is 36.4 Å². The molecule has 20 heavy (non-hydrogen) atoms. The SMILES string of the molecule is OCCCn1nnc(CO)c1/C=C/c1ccc(Cl)cc1. The van der Waals surface area contributed by atoms with Gasteiger partial charge in [0.05, 0.1) is 12.3 Å². The van der Waals surface area contributed by atoms with Crippen LogP contribution in [0.25, 0.3) is 12.2 Å². The first-order valence-electron chi connectivity index (χ1n) is 6.32. The lowest BCUT2D eigenvalue weighted by molar-refractivity contribution is 0.275. The summed E-state index contributed by atoms with van der Waals surface area (Å²) < 4.78 is 1.67. The Hall–Kier alpha value is -1.69. The Balaban J connectivity index is 2.22. The zero-order chi connectivity index (χ0) is 14.4. The molecule has 0 saturated heterocycles. The van der Waals surface area contributed by atoms with Crippen molar-refractivity contribution in [2.24, 2.45) is 0 Å². The molecule has 0 aliphatic heterocycles. The number of aliphatic hydroxyl groups excluding tert-OH is 2. The topological polar surface area (TPSA) is 71.2 Å². The third-order valence-corrected chi connectivity index (χ3v) is 3.08. The van der Waals surface area contributed by atoms with Gasteiger partial charge in [-0.3, -0.25) is 0 Å². The zero-order valence-electron chi connectivity index (χ0n) is 10.9. The summed E-state index contributed by atoms with van der Waals surface area (Å²) in [7, 11) is 0. The van der Waals surface area contributed by atoms with Crippen LogP contribution < -0.4 is 0 Å². The molecule has 0 saturated carbocycles. The van der Waals surface area contributed by atoms with E-state index in [1.165, 1.54) is 0 Å². The van der Waals surface area contributed by atoms with Crippen LogP contribution in [0.15, 0.2) is 24.3 Å². The number of hydrogen-bond donors (Lipinski definition) is 2. The quantitative estimate of drug-likeness (QED) is 0.854. The summed E-state index contributed by atoms with van der Waals surface area (Å²) in [6, 6.07) is 7.43. The Morgan fingerprint density at radius 1 is 1.15 bits per heavy atom. The van der Waals surface area contributed by atoms with Gasteiger partial charge in [-0.05, 0) is 30.2 Å². The first kappa shape index (κ1) is 14.7. The Morgan fingerprint density at radius 3 is 2.55 bits per heavy atom. The standard InChI is InChI=1S/C14H16ClN3O2/c15-12-5-2-11(3-6-12)4-7-14-13(10-20)16-17-18(14)8-1-9-19/h2-7,19-20H,1,8-10H2/b7-4+. The predicted molar refractivity (Wildman–Crippen MR) is 78.0 cm³/mol. The van der Waals surface area contributed by atoms with Gasteiger partial charge >= 0.3 is 0 Å². The molecule has 2 rings (SSSR count). The first-order chi connectivity index (χ1) is 9.74. The van der Waals surface area contributed by atoms with E-state index in [4.69, 9.17) is 16.7 Å². The fourth-order valence-electron chi connectivity index (χ4n) is 1.79. The molecule has 1 aromatic heterocycles. The van der Waals surface area contributed by atoms with Crippen LogP contribution >= 0.6 is 11.6 Å². The second-order valence-corrected chi connectivity index (χ2v) is 4.70. The summed E-state index contributed by atoms with van der Waals surface area (Å²) in [5, 5.41) is 26.7. The minimum atomic E-state index is -0.167. The average Bonchev–Trinajstić information content (AvgIpc) is 2.86. The molecule has 6 heteroatoms. The highest BCUT2D eigenvalue weighted by Crippen LogP contribution is 2.14. The number of halogens is 1. The van der Waals surface area contributed by atoms with E-state index in [2.05, 4.69) is 10.3 Å². The van der Waals surface area contributed by atoms with Crippen LogP contribution in [0.2, 0.25) is 5.02 Å². The van der Waals surface area contributed by atoms with Crippen LogP contribution in [-0.4, -0.2) is 31.8 Å². The van der Waals surface area contributed by atoms with Crippen LogP contribution in [0.1, 0.15) is 23.4 Å². The average molecular weight is 294 g/mol.